The summed E-state index contributed by atoms with van der Waals surface area (Å²) in [6, 6.07) is 4.61. The molecule has 0 spiro atoms. The summed E-state index contributed by atoms with van der Waals surface area (Å²) in [6.45, 7) is 2.68. The number of hydrogen-bond acceptors (Lipinski definition) is 5. The number of rotatable bonds is 6. The van der Waals surface area contributed by atoms with Gasteiger partial charge in [0.25, 0.3) is 0 Å². The molecule has 0 atom stereocenters. The van der Waals surface area contributed by atoms with Crippen molar-refractivity contribution in [3.63, 3.8) is 0 Å². The van der Waals surface area contributed by atoms with E-state index >= 15 is 0 Å². The first-order valence-corrected chi connectivity index (χ1v) is 9.29. The molecule has 2 N–H and O–H groups in total. The predicted octanol–water partition coefficient (Wildman–Crippen LogP) is 2.62. The van der Waals surface area contributed by atoms with Crippen LogP contribution in [0.1, 0.15) is 32.1 Å². The van der Waals surface area contributed by atoms with Crippen LogP contribution in [0.4, 0.5) is 10.5 Å². The van der Waals surface area contributed by atoms with E-state index in [0.717, 1.165) is 12.5 Å². The molecule has 3 amide bonds. The van der Waals surface area contributed by atoms with Gasteiger partial charge in [0, 0.05) is 31.3 Å². The normalized spacial score (nSPS) is 16.5. The Morgan fingerprint density at radius 1 is 1.15 bits per heavy atom. The third-order valence-electron chi connectivity index (χ3n) is 4.82. The van der Waals surface area contributed by atoms with Gasteiger partial charge >= 0.3 is 6.03 Å². The van der Waals surface area contributed by atoms with Gasteiger partial charge in [0.05, 0.1) is 0 Å². The van der Waals surface area contributed by atoms with Crippen LogP contribution in [0.15, 0.2) is 18.2 Å². The Hall–Kier alpha value is -2.28. The lowest BCUT2D eigenvalue weighted by Gasteiger charge is -2.20. The highest BCUT2D eigenvalue weighted by Crippen LogP contribution is 2.32. The summed E-state index contributed by atoms with van der Waals surface area (Å²) in [5.41, 5.74) is 0.554. The number of carbonyl (C=O) groups excluding carboxylic acids is 2. The van der Waals surface area contributed by atoms with Gasteiger partial charge in [-0.15, -0.1) is 0 Å². The van der Waals surface area contributed by atoms with Crippen molar-refractivity contribution >= 4 is 17.6 Å². The first kappa shape index (κ1) is 18.5. The zero-order valence-electron chi connectivity index (χ0n) is 15.3. The molecule has 1 aliphatic carbocycles. The second kappa shape index (κ2) is 8.89. The molecule has 0 saturated heterocycles. The number of amides is 3. The quantitative estimate of drug-likeness (QED) is 0.814. The topological polar surface area (TPSA) is 79.9 Å². The molecule has 7 heteroatoms. The van der Waals surface area contributed by atoms with Gasteiger partial charge in [0.15, 0.2) is 11.5 Å². The molecule has 1 aliphatic heterocycles. The summed E-state index contributed by atoms with van der Waals surface area (Å²) >= 11 is 0. The molecular weight excluding hydrogens is 334 g/mol. The van der Waals surface area contributed by atoms with Crippen LogP contribution in [0.3, 0.4) is 0 Å². The Morgan fingerprint density at radius 3 is 2.65 bits per heavy atom. The predicted molar refractivity (Wildman–Crippen MR) is 98.7 cm³/mol. The van der Waals surface area contributed by atoms with Crippen LogP contribution >= 0.6 is 0 Å². The third kappa shape index (κ3) is 5.36. The van der Waals surface area contributed by atoms with Crippen molar-refractivity contribution in [2.75, 3.05) is 38.7 Å². The minimum atomic E-state index is -0.537. The molecule has 7 nitrogen and oxygen atoms in total. The fraction of sp³-hybridized carbons (Fsp3) is 0.579. The number of hydrogen-bond donors (Lipinski definition) is 2. The first-order chi connectivity index (χ1) is 12.6. The van der Waals surface area contributed by atoms with E-state index in [1.807, 2.05) is 7.05 Å². The Bertz CT molecular complexity index is 644. The molecule has 0 aromatic heterocycles. The van der Waals surface area contributed by atoms with Gasteiger partial charge in [-0.1, -0.05) is 12.8 Å². The Morgan fingerprint density at radius 2 is 1.88 bits per heavy atom. The van der Waals surface area contributed by atoms with Gasteiger partial charge in [0.2, 0.25) is 5.91 Å². The summed E-state index contributed by atoms with van der Waals surface area (Å²) in [5.74, 6) is 1.72. The molecule has 1 aromatic carbocycles. The van der Waals surface area contributed by atoms with Gasteiger partial charge in [-0.3, -0.25) is 10.1 Å². The Kier molecular flexibility index (Phi) is 6.33. The maximum Gasteiger partial charge on any atom is 0.325 e. The van der Waals surface area contributed by atoms with Crippen LogP contribution < -0.4 is 20.1 Å². The number of ether oxygens (including phenoxy) is 2. The number of urea groups is 1. The van der Waals surface area contributed by atoms with Crippen LogP contribution in [0.5, 0.6) is 11.5 Å². The third-order valence-corrected chi connectivity index (χ3v) is 4.82. The number of nitrogens with zero attached hydrogens (tertiary/aromatic N) is 1. The second-order valence-corrected chi connectivity index (χ2v) is 7.02. The van der Waals surface area contributed by atoms with E-state index in [2.05, 4.69) is 15.5 Å². The molecule has 1 heterocycles. The maximum atomic E-state index is 12.0. The highest BCUT2D eigenvalue weighted by Gasteiger charge is 2.18. The molecule has 0 bridgehead atoms. The second-order valence-electron chi connectivity index (χ2n) is 7.02. The molecule has 3 rings (SSSR count). The van der Waals surface area contributed by atoms with E-state index in [9.17, 15) is 9.59 Å². The van der Waals surface area contributed by atoms with E-state index in [-0.39, 0.29) is 5.91 Å². The fourth-order valence-corrected chi connectivity index (χ4v) is 3.49. The standard InChI is InChI=1S/C19H27N3O4/c1-22(13-14-4-2-3-5-14)9-8-18(23)21-19(24)20-15-6-7-16-17(12-15)26-11-10-25-16/h6-7,12,14H,2-5,8-11,13H2,1H3,(H2,20,21,23,24). The van der Waals surface area contributed by atoms with Crippen LogP contribution in [0.2, 0.25) is 0 Å². The molecule has 0 unspecified atom stereocenters. The average molecular weight is 361 g/mol. The van der Waals surface area contributed by atoms with Crippen molar-refractivity contribution in [3.05, 3.63) is 18.2 Å². The maximum absolute atomic E-state index is 12.0. The lowest BCUT2D eigenvalue weighted by atomic mass is 10.1. The first-order valence-electron chi connectivity index (χ1n) is 9.29. The summed E-state index contributed by atoms with van der Waals surface area (Å²) in [4.78, 5) is 26.1. The highest BCUT2D eigenvalue weighted by atomic mass is 16.6. The van der Waals surface area contributed by atoms with Gasteiger partial charge in [-0.25, -0.2) is 4.79 Å². The van der Waals surface area contributed by atoms with Crippen molar-refractivity contribution in [1.82, 2.24) is 10.2 Å². The van der Waals surface area contributed by atoms with Gasteiger partial charge in [-0.05, 0) is 37.9 Å². The zero-order chi connectivity index (χ0) is 18.4. The van der Waals surface area contributed by atoms with Crippen LogP contribution in [-0.2, 0) is 4.79 Å². The largest absolute Gasteiger partial charge is 0.486 e. The van der Waals surface area contributed by atoms with E-state index in [0.29, 0.717) is 43.4 Å². The average Bonchev–Trinajstić information content (AvgIpc) is 3.12. The van der Waals surface area contributed by atoms with Gasteiger partial charge in [0.1, 0.15) is 13.2 Å². The summed E-state index contributed by atoms with van der Waals surface area (Å²) in [7, 11) is 2.03. The van der Waals surface area contributed by atoms with Crippen molar-refractivity contribution < 1.29 is 19.1 Å². The lowest BCUT2D eigenvalue weighted by Crippen LogP contribution is -2.36. The van der Waals surface area contributed by atoms with Crippen molar-refractivity contribution in [1.29, 1.82) is 0 Å². The summed E-state index contributed by atoms with van der Waals surface area (Å²) in [5, 5.41) is 5.02. The van der Waals surface area contributed by atoms with E-state index in [4.69, 9.17) is 9.47 Å². The van der Waals surface area contributed by atoms with Crippen LogP contribution in [0.25, 0.3) is 0 Å². The Balaban J connectivity index is 1.39. The number of anilines is 1. The van der Waals surface area contributed by atoms with Crippen LogP contribution in [-0.4, -0.2) is 50.2 Å². The minimum Gasteiger partial charge on any atom is -0.486 e. The highest BCUT2D eigenvalue weighted by molar-refractivity contribution is 6.01. The van der Waals surface area contributed by atoms with Crippen LogP contribution in [0, 0.1) is 5.92 Å². The molecule has 2 aliphatic rings. The summed E-state index contributed by atoms with van der Waals surface area (Å²) in [6.07, 6.45) is 5.51. The smallest absolute Gasteiger partial charge is 0.325 e. The number of benzene rings is 1. The number of carbonyl (C=O) groups is 2. The summed E-state index contributed by atoms with van der Waals surface area (Å²) < 4.78 is 10.9. The van der Waals surface area contributed by atoms with Crippen molar-refractivity contribution in [2.24, 2.45) is 5.92 Å². The molecule has 1 saturated carbocycles. The SMILES string of the molecule is CN(CCC(=O)NC(=O)Nc1ccc2c(c1)OCCO2)CC1CCCC1. The number of nitrogens with one attached hydrogen (secondary N) is 2. The van der Waals surface area contributed by atoms with Crippen molar-refractivity contribution in [2.45, 2.75) is 32.1 Å². The molecular formula is C19H27N3O4. The number of fused-ring (bicyclic) bond motifs is 1. The lowest BCUT2D eigenvalue weighted by molar-refractivity contribution is -0.120. The van der Waals surface area contributed by atoms with E-state index in [1.165, 1.54) is 25.7 Å². The minimum absolute atomic E-state index is 0.279. The Labute approximate surface area is 154 Å². The van der Waals surface area contributed by atoms with Crippen molar-refractivity contribution in [3.8, 4) is 11.5 Å². The molecule has 1 fully saturated rings. The molecule has 1 aromatic rings. The molecule has 0 radical (unpaired) electrons. The van der Waals surface area contributed by atoms with E-state index in [1.54, 1.807) is 18.2 Å². The fourth-order valence-electron chi connectivity index (χ4n) is 3.49. The monoisotopic (exact) mass is 361 g/mol. The van der Waals surface area contributed by atoms with Gasteiger partial charge in [-0.2, -0.15) is 0 Å². The molecule has 142 valence electrons. The van der Waals surface area contributed by atoms with E-state index < -0.39 is 6.03 Å². The molecule has 26 heavy (non-hydrogen) atoms. The zero-order valence-corrected chi connectivity index (χ0v) is 15.3. The van der Waals surface area contributed by atoms with Gasteiger partial charge < -0.3 is 19.7 Å². The number of imide groups is 1.